The number of phenols is 1. The normalized spacial score (nSPS) is 12.1. The van der Waals surface area contributed by atoms with E-state index in [0.29, 0.717) is 17.0 Å². The van der Waals surface area contributed by atoms with Gasteiger partial charge in [-0.05, 0) is 47.5 Å². The summed E-state index contributed by atoms with van der Waals surface area (Å²) in [6.07, 6.45) is 0. The Labute approximate surface area is 166 Å². The van der Waals surface area contributed by atoms with Gasteiger partial charge in [-0.3, -0.25) is 13.9 Å². The van der Waals surface area contributed by atoms with Gasteiger partial charge < -0.3 is 10.4 Å². The topological polar surface area (TPSA) is 158 Å². The lowest BCUT2D eigenvalue weighted by Gasteiger charge is -2.13. The number of rotatable bonds is 4. The minimum Gasteiger partial charge on any atom is -0.507 e. The number of nitrogens with one attached hydrogen (secondary N) is 1. The summed E-state index contributed by atoms with van der Waals surface area (Å²) in [6.45, 7) is 1.61. The van der Waals surface area contributed by atoms with E-state index in [1.165, 1.54) is 6.07 Å². The molecular weight excluding hydrogens is 422 g/mol. The third kappa shape index (κ3) is 4.07. The molecule has 0 bridgehead atoms. The molecule has 3 aromatic rings. The molecular formula is C18H15NO8S2. The van der Waals surface area contributed by atoms with Crippen LogP contribution in [0.15, 0.2) is 58.3 Å². The third-order valence-corrected chi connectivity index (χ3v) is 6.04. The van der Waals surface area contributed by atoms with Crippen LogP contribution in [0.1, 0.15) is 15.9 Å². The Hall–Kier alpha value is -2.99. The number of carbonyl (C=O) groups excluding carboxylic acids is 1. The highest BCUT2D eigenvalue weighted by Crippen LogP contribution is 2.32. The maximum atomic E-state index is 12.7. The van der Waals surface area contributed by atoms with Crippen molar-refractivity contribution < 1.29 is 35.8 Å². The van der Waals surface area contributed by atoms with E-state index in [9.17, 15) is 31.3 Å². The number of aryl methyl sites for hydroxylation is 1. The molecule has 0 saturated heterocycles. The van der Waals surface area contributed by atoms with Gasteiger partial charge in [0.2, 0.25) is 0 Å². The molecule has 0 spiro atoms. The average molecular weight is 437 g/mol. The number of hydrogen-bond acceptors (Lipinski definition) is 6. The van der Waals surface area contributed by atoms with Gasteiger partial charge in [-0.1, -0.05) is 24.3 Å². The van der Waals surface area contributed by atoms with Gasteiger partial charge in [-0.25, -0.2) is 0 Å². The van der Waals surface area contributed by atoms with E-state index < -0.39 is 41.6 Å². The second-order valence-corrected chi connectivity index (χ2v) is 8.99. The summed E-state index contributed by atoms with van der Waals surface area (Å²) in [5, 5.41) is 14.0. The first-order valence-electron chi connectivity index (χ1n) is 8.01. The largest absolute Gasteiger partial charge is 0.507 e. The van der Waals surface area contributed by atoms with E-state index >= 15 is 0 Å². The van der Waals surface area contributed by atoms with Crippen LogP contribution in [0.25, 0.3) is 10.8 Å². The molecule has 0 aliphatic carbocycles. The Bertz CT molecular complexity index is 1360. The molecule has 0 saturated carbocycles. The summed E-state index contributed by atoms with van der Waals surface area (Å²) in [5.41, 5.74) is -0.151. The van der Waals surface area contributed by atoms with Crippen LogP contribution in [0.2, 0.25) is 0 Å². The van der Waals surface area contributed by atoms with Gasteiger partial charge >= 0.3 is 0 Å². The van der Waals surface area contributed by atoms with Gasteiger partial charge in [0.25, 0.3) is 26.1 Å². The van der Waals surface area contributed by atoms with Crippen LogP contribution < -0.4 is 5.32 Å². The Morgan fingerprint density at radius 2 is 1.59 bits per heavy atom. The van der Waals surface area contributed by atoms with Crippen molar-refractivity contribution in [2.75, 3.05) is 5.32 Å². The number of anilines is 1. The molecule has 0 aliphatic heterocycles. The Balaban J connectivity index is 2.10. The van der Waals surface area contributed by atoms with Crippen LogP contribution in [-0.2, 0) is 20.2 Å². The SMILES string of the molecule is Cc1c(O)c(C(=O)Nc2ccc(S(=O)(=O)O)cc2S(=O)(=O)O)cc2ccccc12. The van der Waals surface area contributed by atoms with Gasteiger partial charge in [0.15, 0.2) is 0 Å². The summed E-state index contributed by atoms with van der Waals surface area (Å²) < 4.78 is 64.2. The van der Waals surface area contributed by atoms with Crippen molar-refractivity contribution in [3.05, 3.63) is 59.7 Å². The smallest absolute Gasteiger partial charge is 0.296 e. The molecule has 3 rings (SSSR count). The molecule has 1 amide bonds. The quantitative estimate of drug-likeness (QED) is 0.453. The van der Waals surface area contributed by atoms with E-state index in [1.54, 1.807) is 31.2 Å². The number of aromatic hydroxyl groups is 1. The van der Waals surface area contributed by atoms with E-state index in [4.69, 9.17) is 4.55 Å². The molecule has 0 aliphatic rings. The lowest BCUT2D eigenvalue weighted by atomic mass is 10.00. The van der Waals surface area contributed by atoms with E-state index in [2.05, 4.69) is 5.32 Å². The molecule has 11 heteroatoms. The van der Waals surface area contributed by atoms with Crippen molar-refractivity contribution >= 4 is 42.6 Å². The summed E-state index contributed by atoms with van der Waals surface area (Å²) in [7, 11) is -9.70. The molecule has 0 fully saturated rings. The first-order chi connectivity index (χ1) is 13.4. The lowest BCUT2D eigenvalue weighted by molar-refractivity contribution is 0.102. The second kappa shape index (κ2) is 7.12. The number of amides is 1. The highest BCUT2D eigenvalue weighted by Gasteiger charge is 2.23. The van der Waals surface area contributed by atoms with E-state index in [0.717, 1.165) is 17.5 Å². The zero-order valence-corrected chi connectivity index (χ0v) is 16.5. The summed E-state index contributed by atoms with van der Waals surface area (Å²) >= 11 is 0. The van der Waals surface area contributed by atoms with Crippen LogP contribution in [0, 0.1) is 6.92 Å². The van der Waals surface area contributed by atoms with Gasteiger partial charge in [0.1, 0.15) is 10.6 Å². The second-order valence-electron chi connectivity index (χ2n) is 6.18. The Morgan fingerprint density at radius 3 is 2.21 bits per heavy atom. The maximum absolute atomic E-state index is 12.7. The standard InChI is InChI=1S/C18H15NO8S2/c1-10-13-5-3-2-4-11(13)8-14(17(10)20)18(21)19-15-7-6-12(28(22,23)24)9-16(15)29(25,26)27/h2-9,20H,1H3,(H,19,21)(H,22,23,24)(H,25,26,27). The average Bonchev–Trinajstić information content (AvgIpc) is 2.63. The van der Waals surface area contributed by atoms with E-state index in [1.807, 2.05) is 0 Å². The van der Waals surface area contributed by atoms with Gasteiger partial charge in [-0.15, -0.1) is 0 Å². The van der Waals surface area contributed by atoms with Crippen LogP contribution in [0.3, 0.4) is 0 Å². The van der Waals surface area contributed by atoms with Crippen LogP contribution in [0.4, 0.5) is 5.69 Å². The molecule has 3 aromatic carbocycles. The molecule has 0 atom stereocenters. The Morgan fingerprint density at radius 1 is 0.931 bits per heavy atom. The summed E-state index contributed by atoms with van der Waals surface area (Å²) in [6, 6.07) is 10.7. The zero-order chi connectivity index (χ0) is 21.6. The molecule has 0 aromatic heterocycles. The van der Waals surface area contributed by atoms with E-state index in [-0.39, 0.29) is 11.3 Å². The fourth-order valence-corrected chi connectivity index (χ4v) is 4.11. The minimum absolute atomic E-state index is 0.152. The van der Waals surface area contributed by atoms with Crippen molar-refractivity contribution in [1.29, 1.82) is 0 Å². The number of fused-ring (bicyclic) bond motifs is 1. The fourth-order valence-electron chi connectivity index (χ4n) is 2.86. The van der Waals surface area contributed by atoms with Crippen LogP contribution >= 0.6 is 0 Å². The van der Waals surface area contributed by atoms with Crippen LogP contribution in [0.5, 0.6) is 5.75 Å². The lowest BCUT2D eigenvalue weighted by Crippen LogP contribution is -2.16. The predicted molar refractivity (Wildman–Crippen MR) is 104 cm³/mol. The number of benzene rings is 3. The van der Waals surface area contributed by atoms with Crippen molar-refractivity contribution in [2.24, 2.45) is 0 Å². The monoisotopic (exact) mass is 437 g/mol. The number of phenolic OH excluding ortho intramolecular Hbond substituents is 1. The van der Waals surface area contributed by atoms with Crippen molar-refractivity contribution in [3.8, 4) is 5.75 Å². The first kappa shape index (κ1) is 20.7. The molecule has 0 unspecified atom stereocenters. The highest BCUT2D eigenvalue weighted by atomic mass is 32.2. The molecule has 0 heterocycles. The number of hydrogen-bond donors (Lipinski definition) is 4. The molecule has 29 heavy (non-hydrogen) atoms. The maximum Gasteiger partial charge on any atom is 0.296 e. The van der Waals surface area contributed by atoms with Gasteiger partial charge in [-0.2, -0.15) is 16.8 Å². The van der Waals surface area contributed by atoms with Crippen molar-refractivity contribution in [2.45, 2.75) is 16.7 Å². The zero-order valence-electron chi connectivity index (χ0n) is 14.8. The summed E-state index contributed by atoms with van der Waals surface area (Å²) in [5.74, 6) is -1.20. The number of carbonyl (C=O) groups is 1. The van der Waals surface area contributed by atoms with Crippen molar-refractivity contribution in [3.63, 3.8) is 0 Å². The molecule has 152 valence electrons. The van der Waals surface area contributed by atoms with Gasteiger partial charge in [0, 0.05) is 0 Å². The fraction of sp³-hybridized carbons (Fsp3) is 0.0556. The Kier molecular flexibility index (Phi) is 5.09. The molecule has 9 nitrogen and oxygen atoms in total. The van der Waals surface area contributed by atoms with Crippen LogP contribution in [-0.4, -0.2) is 37.0 Å². The summed E-state index contributed by atoms with van der Waals surface area (Å²) in [4.78, 5) is 11.0. The predicted octanol–water partition coefficient (Wildman–Crippen LogP) is 2.60. The molecule has 4 N–H and O–H groups in total. The highest BCUT2D eigenvalue weighted by molar-refractivity contribution is 7.86. The first-order valence-corrected chi connectivity index (χ1v) is 10.9. The van der Waals surface area contributed by atoms with Gasteiger partial charge in [0.05, 0.1) is 16.1 Å². The molecule has 0 radical (unpaired) electrons. The third-order valence-electron chi connectivity index (χ3n) is 4.30. The minimum atomic E-state index is -4.95. The van der Waals surface area contributed by atoms with Crippen molar-refractivity contribution in [1.82, 2.24) is 0 Å².